The minimum absolute atomic E-state index is 0. The zero-order chi connectivity index (χ0) is 13.8. The molecule has 1 aliphatic rings. The first kappa shape index (κ1) is 17.0. The van der Waals surface area contributed by atoms with Crippen molar-refractivity contribution < 1.29 is 4.79 Å². The van der Waals surface area contributed by atoms with Crippen molar-refractivity contribution in [2.75, 3.05) is 6.54 Å². The molecule has 1 aromatic rings. The molecule has 1 aromatic heterocycles. The second-order valence-corrected chi connectivity index (χ2v) is 5.56. The number of hydrogen-bond donors (Lipinski definition) is 2. The largest absolute Gasteiger partial charge is 0.356 e. The monoisotopic (exact) mass is 300 g/mol. The highest BCUT2D eigenvalue weighted by molar-refractivity contribution is 5.85. The number of rotatable bonds is 5. The van der Waals surface area contributed by atoms with Gasteiger partial charge in [-0.1, -0.05) is 0 Å². The van der Waals surface area contributed by atoms with E-state index in [4.69, 9.17) is 5.73 Å². The minimum atomic E-state index is 0. The Bertz CT molecular complexity index is 446. The molecule has 6 heteroatoms. The van der Waals surface area contributed by atoms with E-state index in [9.17, 15) is 4.79 Å². The van der Waals surface area contributed by atoms with Gasteiger partial charge in [-0.15, -0.1) is 12.4 Å². The summed E-state index contributed by atoms with van der Waals surface area (Å²) in [5.41, 5.74) is 8.04. The Balaban J connectivity index is 0.00000200. The molecule has 0 saturated heterocycles. The maximum atomic E-state index is 11.9. The fraction of sp³-hybridized carbons (Fsp3) is 0.714. The average Bonchev–Trinajstić information content (AvgIpc) is 2.91. The molecule has 2 atom stereocenters. The van der Waals surface area contributed by atoms with Gasteiger partial charge in [0.05, 0.1) is 5.69 Å². The Morgan fingerprint density at radius 1 is 1.50 bits per heavy atom. The first-order valence-electron chi connectivity index (χ1n) is 7.10. The maximum Gasteiger partial charge on any atom is 0.223 e. The number of nitrogens with one attached hydrogen (secondary N) is 1. The van der Waals surface area contributed by atoms with Crippen molar-refractivity contribution in [2.45, 2.75) is 52.1 Å². The van der Waals surface area contributed by atoms with Gasteiger partial charge in [-0.2, -0.15) is 5.10 Å². The molecule has 1 aliphatic carbocycles. The lowest BCUT2D eigenvalue weighted by Gasteiger charge is -2.11. The lowest BCUT2D eigenvalue weighted by molar-refractivity contribution is -0.124. The predicted molar refractivity (Wildman–Crippen MR) is 81.9 cm³/mol. The molecule has 3 N–H and O–H groups in total. The second kappa shape index (κ2) is 7.64. The van der Waals surface area contributed by atoms with Gasteiger partial charge in [-0.05, 0) is 45.6 Å². The Hall–Kier alpha value is -1.07. The molecule has 0 radical (unpaired) electrons. The van der Waals surface area contributed by atoms with Gasteiger partial charge in [0.25, 0.3) is 0 Å². The Morgan fingerprint density at radius 3 is 2.80 bits per heavy atom. The van der Waals surface area contributed by atoms with E-state index in [2.05, 4.69) is 23.4 Å². The highest BCUT2D eigenvalue weighted by Crippen LogP contribution is 2.23. The average molecular weight is 301 g/mol. The molecular formula is C14H25ClN4O. The second-order valence-electron chi connectivity index (χ2n) is 5.56. The summed E-state index contributed by atoms with van der Waals surface area (Å²) in [7, 11) is 0. The van der Waals surface area contributed by atoms with Crippen LogP contribution in [0.1, 0.15) is 37.1 Å². The third kappa shape index (κ3) is 4.49. The van der Waals surface area contributed by atoms with Crippen LogP contribution >= 0.6 is 12.4 Å². The Labute approximate surface area is 126 Å². The number of nitrogens with two attached hydrogens (primary N) is 1. The molecule has 5 nitrogen and oxygen atoms in total. The van der Waals surface area contributed by atoms with E-state index in [0.717, 1.165) is 37.9 Å². The summed E-state index contributed by atoms with van der Waals surface area (Å²) in [6.45, 7) is 5.61. The lowest BCUT2D eigenvalue weighted by Crippen LogP contribution is -2.31. The maximum absolute atomic E-state index is 11.9. The van der Waals surface area contributed by atoms with Crippen molar-refractivity contribution in [1.29, 1.82) is 0 Å². The molecule has 1 heterocycles. The van der Waals surface area contributed by atoms with E-state index in [0.29, 0.717) is 6.54 Å². The number of halogens is 1. The molecule has 0 bridgehead atoms. The molecule has 0 aliphatic heterocycles. The summed E-state index contributed by atoms with van der Waals surface area (Å²) in [6.07, 6.45) is 3.66. The van der Waals surface area contributed by atoms with Gasteiger partial charge in [-0.3, -0.25) is 9.48 Å². The lowest BCUT2D eigenvalue weighted by atomic mass is 10.1. The van der Waals surface area contributed by atoms with E-state index >= 15 is 0 Å². The SMILES string of the molecule is Cc1cc(C)n(CCCNC(=O)C2CCC(N)C2)n1.Cl. The van der Waals surface area contributed by atoms with Gasteiger partial charge in [-0.25, -0.2) is 0 Å². The van der Waals surface area contributed by atoms with Crippen LogP contribution in [0.4, 0.5) is 0 Å². The molecule has 0 spiro atoms. The van der Waals surface area contributed by atoms with Crippen molar-refractivity contribution in [3.63, 3.8) is 0 Å². The zero-order valence-corrected chi connectivity index (χ0v) is 13.1. The third-order valence-corrected chi connectivity index (χ3v) is 3.79. The number of aryl methyl sites for hydroxylation is 3. The smallest absolute Gasteiger partial charge is 0.223 e. The van der Waals surface area contributed by atoms with Crippen LogP contribution < -0.4 is 11.1 Å². The van der Waals surface area contributed by atoms with Gasteiger partial charge in [0.15, 0.2) is 0 Å². The van der Waals surface area contributed by atoms with Crippen LogP contribution in [0.3, 0.4) is 0 Å². The molecule has 1 fully saturated rings. The number of hydrogen-bond acceptors (Lipinski definition) is 3. The fourth-order valence-corrected chi connectivity index (χ4v) is 2.74. The van der Waals surface area contributed by atoms with Crippen molar-refractivity contribution in [2.24, 2.45) is 11.7 Å². The normalized spacial score (nSPS) is 21.6. The summed E-state index contributed by atoms with van der Waals surface area (Å²) < 4.78 is 1.99. The zero-order valence-electron chi connectivity index (χ0n) is 12.3. The number of nitrogens with zero attached hydrogens (tertiary/aromatic N) is 2. The van der Waals surface area contributed by atoms with Crippen LogP contribution in [0.25, 0.3) is 0 Å². The van der Waals surface area contributed by atoms with E-state index < -0.39 is 0 Å². The van der Waals surface area contributed by atoms with Crippen LogP contribution in [0.5, 0.6) is 0 Å². The highest BCUT2D eigenvalue weighted by Gasteiger charge is 2.27. The number of amides is 1. The fourth-order valence-electron chi connectivity index (χ4n) is 2.74. The molecule has 2 unspecified atom stereocenters. The van der Waals surface area contributed by atoms with E-state index in [1.54, 1.807) is 0 Å². The molecule has 2 rings (SSSR count). The van der Waals surface area contributed by atoms with Crippen LogP contribution in [0.15, 0.2) is 6.07 Å². The van der Waals surface area contributed by atoms with Gasteiger partial charge in [0.1, 0.15) is 0 Å². The third-order valence-electron chi connectivity index (χ3n) is 3.79. The summed E-state index contributed by atoms with van der Waals surface area (Å²) in [5, 5.41) is 7.41. The van der Waals surface area contributed by atoms with Gasteiger partial charge >= 0.3 is 0 Å². The van der Waals surface area contributed by atoms with Gasteiger partial charge in [0.2, 0.25) is 5.91 Å². The number of carbonyl (C=O) groups excluding carboxylic acids is 1. The van der Waals surface area contributed by atoms with Crippen molar-refractivity contribution in [3.05, 3.63) is 17.5 Å². The topological polar surface area (TPSA) is 72.9 Å². The summed E-state index contributed by atoms with van der Waals surface area (Å²) >= 11 is 0. The molecular weight excluding hydrogens is 276 g/mol. The molecule has 20 heavy (non-hydrogen) atoms. The van der Waals surface area contributed by atoms with Crippen molar-refractivity contribution >= 4 is 18.3 Å². The standard InChI is InChI=1S/C14H24N4O.ClH/c1-10-8-11(2)18(17-10)7-3-6-16-14(19)12-4-5-13(15)9-12;/h8,12-13H,3-7,9,15H2,1-2H3,(H,16,19);1H. The van der Waals surface area contributed by atoms with Crippen LogP contribution in [0, 0.1) is 19.8 Å². The van der Waals surface area contributed by atoms with Crippen LogP contribution in [-0.4, -0.2) is 28.3 Å². The molecule has 1 amide bonds. The molecule has 114 valence electrons. The van der Waals surface area contributed by atoms with Crippen LogP contribution in [-0.2, 0) is 11.3 Å². The van der Waals surface area contributed by atoms with Gasteiger partial charge < -0.3 is 11.1 Å². The Kier molecular flexibility index (Phi) is 6.49. The minimum Gasteiger partial charge on any atom is -0.356 e. The number of carbonyl (C=O) groups is 1. The molecule has 1 saturated carbocycles. The van der Waals surface area contributed by atoms with E-state index in [-0.39, 0.29) is 30.3 Å². The summed E-state index contributed by atoms with van der Waals surface area (Å²) in [5.74, 6) is 0.296. The highest BCUT2D eigenvalue weighted by atomic mass is 35.5. The van der Waals surface area contributed by atoms with E-state index in [1.165, 1.54) is 5.69 Å². The first-order valence-corrected chi connectivity index (χ1v) is 7.10. The van der Waals surface area contributed by atoms with Gasteiger partial charge in [0, 0.05) is 30.7 Å². The first-order chi connectivity index (χ1) is 9.06. The summed E-state index contributed by atoms with van der Waals surface area (Å²) in [6, 6.07) is 2.28. The number of aromatic nitrogens is 2. The molecule has 0 aromatic carbocycles. The predicted octanol–water partition coefficient (Wildman–Crippen LogP) is 1.56. The van der Waals surface area contributed by atoms with Crippen molar-refractivity contribution in [1.82, 2.24) is 15.1 Å². The van der Waals surface area contributed by atoms with Crippen molar-refractivity contribution in [3.8, 4) is 0 Å². The quantitative estimate of drug-likeness (QED) is 0.811. The van der Waals surface area contributed by atoms with E-state index in [1.807, 2.05) is 11.6 Å². The van der Waals surface area contributed by atoms with Crippen LogP contribution in [0.2, 0.25) is 0 Å². The Morgan fingerprint density at radius 2 is 2.25 bits per heavy atom. The summed E-state index contributed by atoms with van der Waals surface area (Å²) in [4.78, 5) is 11.9.